The number of nitrogens with zero attached hydrogens (tertiary/aromatic N) is 6. The van der Waals surface area contributed by atoms with Gasteiger partial charge in [0, 0.05) is 69.7 Å². The van der Waals surface area contributed by atoms with Crippen molar-refractivity contribution in [2.24, 2.45) is 9.98 Å². The predicted octanol–water partition coefficient (Wildman–Crippen LogP) is 29.4. The molecule has 0 unspecified atom stereocenters. The van der Waals surface area contributed by atoms with E-state index in [2.05, 4.69) is 335 Å². The Labute approximate surface area is 692 Å². The van der Waals surface area contributed by atoms with E-state index in [-0.39, 0.29) is 0 Å². The molecule has 8 heteroatoms. The first-order valence-electron chi connectivity index (χ1n) is 38.9. The van der Waals surface area contributed by atoms with Crippen LogP contribution < -0.4 is 0 Å². The van der Waals surface area contributed by atoms with Crippen LogP contribution in [0.3, 0.4) is 0 Å². The van der Waals surface area contributed by atoms with E-state index in [0.29, 0.717) is 15.7 Å². The van der Waals surface area contributed by atoms with Gasteiger partial charge >= 0.3 is 0 Å². The zero-order valence-corrected chi connectivity index (χ0v) is 65.5. The van der Waals surface area contributed by atoms with Crippen LogP contribution in [0.15, 0.2) is 429 Å². The van der Waals surface area contributed by atoms with Crippen LogP contribution in [0.5, 0.6) is 0 Å². The highest BCUT2D eigenvalue weighted by atomic mass is 35.5. The molecular formula is C109H74Cl2N6. The lowest BCUT2D eigenvalue weighted by atomic mass is 9.86. The summed E-state index contributed by atoms with van der Waals surface area (Å²) >= 11 is 14.3. The van der Waals surface area contributed by atoms with E-state index in [1.807, 2.05) is 123 Å². The molecule has 554 valence electrons. The number of aliphatic imine (C=N–C) groups is 2. The lowest BCUT2D eigenvalue weighted by molar-refractivity contribution is 1.33. The SMILES string of the molecule is C=N/C(=C\C(=N/C)c1ccc(-c2ccc(Cl)cc2-c2cc(-c3ccccc3-c3ccc(-c4ccccn4)cc3)cc(-c3ccccc3-c3ccc(-c4ccccn4)cc3)c2)cc1)c1ccc(-c2ccc(Cl)cc2-c2cc(-c3ccccc3-c3ccc(-c4ccccn4)cc3)cc(-c3ccccc3-c3ccc(-c4ccccn4)cc3)c2)cc1. The topological polar surface area (TPSA) is 76.3 Å². The second-order valence-corrected chi connectivity index (χ2v) is 29.7. The first-order chi connectivity index (χ1) is 57.7. The molecular weight excluding hydrogens is 1460 g/mol. The van der Waals surface area contributed by atoms with E-state index in [0.717, 1.165) is 195 Å². The molecule has 0 bridgehead atoms. The van der Waals surface area contributed by atoms with Crippen molar-refractivity contribution >= 4 is 41.3 Å². The highest BCUT2D eigenvalue weighted by Crippen LogP contribution is 2.47. The fourth-order valence-corrected chi connectivity index (χ4v) is 16.2. The monoisotopic (exact) mass is 1540 g/mol. The molecule has 117 heavy (non-hydrogen) atoms. The molecule has 0 atom stereocenters. The molecule has 6 nitrogen and oxygen atoms in total. The highest BCUT2D eigenvalue weighted by molar-refractivity contribution is 6.31. The van der Waals surface area contributed by atoms with Crippen molar-refractivity contribution in [2.45, 2.75) is 0 Å². The normalized spacial score (nSPS) is 11.5. The number of benzene rings is 14. The molecule has 18 rings (SSSR count). The van der Waals surface area contributed by atoms with Crippen molar-refractivity contribution in [1.82, 2.24) is 19.9 Å². The Morgan fingerprint density at radius 1 is 0.231 bits per heavy atom. The maximum Gasteiger partial charge on any atom is 0.0716 e. The Bertz CT molecular complexity index is 6420. The zero-order chi connectivity index (χ0) is 79.0. The van der Waals surface area contributed by atoms with Gasteiger partial charge in [-0.25, -0.2) is 0 Å². The van der Waals surface area contributed by atoms with E-state index in [1.54, 1.807) is 0 Å². The number of pyridine rings is 4. The third kappa shape index (κ3) is 15.8. The molecule has 0 amide bonds. The summed E-state index contributed by atoms with van der Waals surface area (Å²) in [7, 11) is 1.82. The van der Waals surface area contributed by atoms with Gasteiger partial charge in [0.2, 0.25) is 0 Å². The quantitative estimate of drug-likeness (QED) is 0.0713. The van der Waals surface area contributed by atoms with Crippen LogP contribution in [0.1, 0.15) is 11.1 Å². The van der Waals surface area contributed by atoms with Crippen LogP contribution in [0, 0.1) is 0 Å². The maximum absolute atomic E-state index is 7.14. The molecule has 0 aliphatic rings. The lowest BCUT2D eigenvalue weighted by Crippen LogP contribution is -1.99. The van der Waals surface area contributed by atoms with Crippen LogP contribution in [0.25, 0.3) is 184 Å². The van der Waals surface area contributed by atoms with E-state index in [4.69, 9.17) is 28.2 Å². The van der Waals surface area contributed by atoms with Gasteiger partial charge in [-0.2, -0.15) is 0 Å². The van der Waals surface area contributed by atoms with Gasteiger partial charge < -0.3 is 0 Å². The molecule has 4 heterocycles. The Hall–Kier alpha value is -14.7. The first-order valence-corrected chi connectivity index (χ1v) is 39.7. The minimum atomic E-state index is 0.629. The Morgan fingerprint density at radius 3 is 0.701 bits per heavy atom. The number of hydrogen-bond donors (Lipinski definition) is 0. The average molecular weight is 1540 g/mol. The third-order valence-corrected chi connectivity index (χ3v) is 22.2. The smallest absolute Gasteiger partial charge is 0.0716 e. The predicted molar refractivity (Wildman–Crippen MR) is 491 cm³/mol. The largest absolute Gasteiger partial charge is 0.288 e. The summed E-state index contributed by atoms with van der Waals surface area (Å²) in [6.45, 7) is 4.12. The molecule has 0 aliphatic carbocycles. The van der Waals surface area contributed by atoms with Gasteiger partial charge in [-0.05, 0) is 261 Å². The molecule has 0 spiro atoms. The maximum atomic E-state index is 7.14. The Balaban J connectivity index is 0.676. The van der Waals surface area contributed by atoms with Crippen LogP contribution in [0.4, 0.5) is 0 Å². The van der Waals surface area contributed by atoms with E-state index in [9.17, 15) is 0 Å². The van der Waals surface area contributed by atoms with Crippen molar-refractivity contribution in [3.05, 3.63) is 440 Å². The van der Waals surface area contributed by atoms with Crippen molar-refractivity contribution in [3.63, 3.8) is 0 Å². The zero-order valence-electron chi connectivity index (χ0n) is 64.0. The number of rotatable bonds is 20. The summed E-state index contributed by atoms with van der Waals surface area (Å²) in [4.78, 5) is 28.1. The van der Waals surface area contributed by atoms with Crippen LogP contribution in [-0.4, -0.2) is 39.4 Å². The second-order valence-electron chi connectivity index (χ2n) is 28.8. The minimum Gasteiger partial charge on any atom is -0.288 e. The average Bonchev–Trinajstić information content (AvgIpc) is 0.785. The van der Waals surface area contributed by atoms with Gasteiger partial charge in [0.05, 0.1) is 34.2 Å². The lowest BCUT2D eigenvalue weighted by Gasteiger charge is -2.18. The number of allylic oxidation sites excluding steroid dienone is 1. The fourth-order valence-electron chi connectivity index (χ4n) is 15.8. The summed E-state index contributed by atoms with van der Waals surface area (Å²) in [5.41, 5.74) is 36.7. The molecule has 4 aromatic heterocycles. The third-order valence-electron chi connectivity index (χ3n) is 21.7. The molecule has 0 N–H and O–H groups in total. The van der Waals surface area contributed by atoms with E-state index < -0.39 is 0 Å². The highest BCUT2D eigenvalue weighted by Gasteiger charge is 2.22. The summed E-state index contributed by atoms with van der Waals surface area (Å²) in [6, 6.07) is 137. The van der Waals surface area contributed by atoms with Crippen molar-refractivity contribution in [3.8, 4) is 179 Å². The molecule has 0 radical (unpaired) electrons. The molecule has 18 aromatic rings. The Kier molecular flexibility index (Phi) is 21.2. The number of halogens is 2. The van der Waals surface area contributed by atoms with Crippen LogP contribution in [-0.2, 0) is 0 Å². The van der Waals surface area contributed by atoms with Crippen molar-refractivity contribution < 1.29 is 0 Å². The number of hydrogen-bond acceptors (Lipinski definition) is 6. The van der Waals surface area contributed by atoms with Gasteiger partial charge in [-0.1, -0.05) is 302 Å². The van der Waals surface area contributed by atoms with Gasteiger partial charge in [0.15, 0.2) is 0 Å². The molecule has 0 aliphatic heterocycles. The van der Waals surface area contributed by atoms with E-state index in [1.165, 1.54) is 0 Å². The molecule has 0 fully saturated rings. The van der Waals surface area contributed by atoms with Gasteiger partial charge in [-0.3, -0.25) is 29.9 Å². The summed E-state index contributed by atoms with van der Waals surface area (Å²) in [5, 5.41) is 1.26. The van der Waals surface area contributed by atoms with Crippen molar-refractivity contribution in [1.29, 1.82) is 0 Å². The summed E-state index contributed by atoms with van der Waals surface area (Å²) < 4.78 is 0. The number of aromatic nitrogens is 4. The molecule has 0 saturated carbocycles. The van der Waals surface area contributed by atoms with E-state index >= 15 is 0 Å². The van der Waals surface area contributed by atoms with Crippen LogP contribution in [0.2, 0.25) is 10.0 Å². The molecule has 0 saturated heterocycles. The van der Waals surface area contributed by atoms with Crippen LogP contribution >= 0.6 is 23.2 Å². The second kappa shape index (κ2) is 33.6. The first kappa shape index (κ1) is 73.8. The van der Waals surface area contributed by atoms with Gasteiger partial charge in [0.25, 0.3) is 0 Å². The van der Waals surface area contributed by atoms with Gasteiger partial charge in [-0.15, -0.1) is 0 Å². The standard InChI is InChI=1S/C109H74Cl2N6/c1-112-108(82-51-39-76(40-52-82)100-57-55-90(110)69-102(100)88-65-84(96-23-7-3-19-92(96)72-31-43-78(44-32-72)104-27-11-15-59-114-104)63-85(66-88)97-24-8-4-20-93(97)73-33-45-79(46-34-73)105-28-12-16-60-115-105)71-109(113-2)83-53-41-77(42-54-83)101-58-56-91(111)70-103(101)89-67-86(98-25-9-5-21-94(98)74-35-47-80(48-36-74)106-29-13-17-61-116-106)64-87(68-89)99-26-10-6-22-95(99)75-37-49-81(50-38-75)107-30-14-18-62-117-107/h3-71H,1H2,2H3/b108-71-,113-109+. The minimum absolute atomic E-state index is 0.629. The van der Waals surface area contributed by atoms with Gasteiger partial charge in [0.1, 0.15) is 0 Å². The summed E-state index contributed by atoms with van der Waals surface area (Å²) in [5.74, 6) is 0. The van der Waals surface area contributed by atoms with Crippen molar-refractivity contribution in [2.75, 3.05) is 7.05 Å². The fraction of sp³-hybridized carbons (Fsp3) is 0.00917. The molecule has 14 aromatic carbocycles. The summed E-state index contributed by atoms with van der Waals surface area (Å²) in [6.07, 6.45) is 9.35. The Morgan fingerprint density at radius 2 is 0.453 bits per heavy atom.